The number of thiocarbonyl (C=S) groups is 1. The van der Waals surface area contributed by atoms with E-state index < -0.39 is 0 Å². The molecule has 142 valence electrons. The Bertz CT molecular complexity index is 912. The summed E-state index contributed by atoms with van der Waals surface area (Å²) in [5.41, 5.74) is 1.72. The standard InChI is InChI=1S/C21H19N3O2S2/c25-19(23-17-10-5-13-22-15-17)12-6-14-24-20(26)18(28-21(24)27)11-4-9-16-7-2-1-3-8-16/h1-5,7-11,13,15H,6,12,14H2,(H,23,25). The number of hydrogen-bond acceptors (Lipinski definition) is 5. The van der Waals surface area contributed by atoms with Gasteiger partial charge < -0.3 is 5.32 Å². The number of amides is 2. The van der Waals surface area contributed by atoms with E-state index in [0.717, 1.165) is 5.56 Å². The number of carbonyl (C=O) groups is 2. The Labute approximate surface area is 173 Å². The zero-order valence-electron chi connectivity index (χ0n) is 15.1. The first-order valence-electron chi connectivity index (χ1n) is 8.80. The minimum Gasteiger partial charge on any atom is -0.325 e. The van der Waals surface area contributed by atoms with Crippen molar-refractivity contribution in [1.82, 2.24) is 9.88 Å². The average Bonchev–Trinajstić information content (AvgIpc) is 2.97. The number of aromatic nitrogens is 1. The van der Waals surface area contributed by atoms with E-state index in [0.29, 0.717) is 34.3 Å². The fourth-order valence-electron chi connectivity index (χ4n) is 2.58. The van der Waals surface area contributed by atoms with Crippen molar-refractivity contribution >= 4 is 51.9 Å². The molecule has 3 rings (SSSR count). The molecule has 0 saturated carbocycles. The number of pyridine rings is 1. The van der Waals surface area contributed by atoms with Crippen LogP contribution in [-0.2, 0) is 9.59 Å². The number of hydrogen-bond donors (Lipinski definition) is 1. The minimum absolute atomic E-state index is 0.111. The zero-order chi connectivity index (χ0) is 19.8. The van der Waals surface area contributed by atoms with Crippen LogP contribution in [0.4, 0.5) is 5.69 Å². The van der Waals surface area contributed by atoms with Crippen LogP contribution in [0.15, 0.2) is 71.9 Å². The Kier molecular flexibility index (Phi) is 7.11. The maximum atomic E-state index is 12.5. The summed E-state index contributed by atoms with van der Waals surface area (Å²) in [4.78, 5) is 30.6. The van der Waals surface area contributed by atoms with E-state index in [1.807, 2.05) is 42.5 Å². The molecule has 7 heteroatoms. The van der Waals surface area contributed by atoms with Crippen molar-refractivity contribution in [2.24, 2.45) is 0 Å². The van der Waals surface area contributed by atoms with Crippen molar-refractivity contribution in [1.29, 1.82) is 0 Å². The molecule has 1 aliphatic rings. The molecule has 1 aliphatic heterocycles. The van der Waals surface area contributed by atoms with Crippen LogP contribution in [-0.4, -0.2) is 32.6 Å². The molecule has 2 amide bonds. The van der Waals surface area contributed by atoms with Crippen molar-refractivity contribution < 1.29 is 9.59 Å². The number of allylic oxidation sites excluding steroid dienone is 2. The van der Waals surface area contributed by atoms with Gasteiger partial charge in [-0.2, -0.15) is 0 Å². The SMILES string of the molecule is O=C(CCCN1C(=O)C(=CC=Cc2ccccc2)SC1=S)Nc1cccnc1. The highest BCUT2D eigenvalue weighted by molar-refractivity contribution is 8.26. The van der Waals surface area contributed by atoms with Crippen molar-refractivity contribution in [2.45, 2.75) is 12.8 Å². The normalized spacial score (nSPS) is 15.6. The molecule has 5 nitrogen and oxygen atoms in total. The summed E-state index contributed by atoms with van der Waals surface area (Å²) in [7, 11) is 0. The first kappa shape index (κ1) is 20.0. The van der Waals surface area contributed by atoms with Gasteiger partial charge in [0.15, 0.2) is 0 Å². The summed E-state index contributed by atoms with van der Waals surface area (Å²) in [6.45, 7) is 0.421. The number of anilines is 1. The first-order chi connectivity index (χ1) is 13.6. The van der Waals surface area contributed by atoms with Crippen LogP contribution in [0.2, 0.25) is 0 Å². The minimum atomic E-state index is -0.111. The predicted molar refractivity (Wildman–Crippen MR) is 118 cm³/mol. The highest BCUT2D eigenvalue weighted by Crippen LogP contribution is 2.31. The molecule has 1 saturated heterocycles. The van der Waals surface area contributed by atoms with Crippen molar-refractivity contribution in [2.75, 3.05) is 11.9 Å². The topological polar surface area (TPSA) is 62.3 Å². The van der Waals surface area contributed by atoms with E-state index >= 15 is 0 Å². The van der Waals surface area contributed by atoms with Gasteiger partial charge in [0.25, 0.3) is 5.91 Å². The second-order valence-electron chi connectivity index (χ2n) is 6.02. The lowest BCUT2D eigenvalue weighted by Gasteiger charge is -2.14. The zero-order valence-corrected chi connectivity index (χ0v) is 16.7. The van der Waals surface area contributed by atoms with Gasteiger partial charge in [0.1, 0.15) is 4.32 Å². The highest BCUT2D eigenvalue weighted by atomic mass is 32.2. The lowest BCUT2D eigenvalue weighted by molar-refractivity contribution is -0.122. The van der Waals surface area contributed by atoms with Gasteiger partial charge in [-0.25, -0.2) is 0 Å². The predicted octanol–water partition coefficient (Wildman–Crippen LogP) is 4.26. The molecule has 1 fully saturated rings. The summed E-state index contributed by atoms with van der Waals surface area (Å²) in [5, 5.41) is 2.78. The van der Waals surface area contributed by atoms with Gasteiger partial charge in [-0.3, -0.25) is 19.5 Å². The van der Waals surface area contributed by atoms with Gasteiger partial charge in [-0.05, 0) is 30.2 Å². The molecule has 0 bridgehead atoms. The molecular formula is C21H19N3O2S2. The van der Waals surface area contributed by atoms with Crippen LogP contribution in [0.5, 0.6) is 0 Å². The Balaban J connectivity index is 1.49. The lowest BCUT2D eigenvalue weighted by Crippen LogP contribution is -2.29. The number of benzene rings is 1. The van der Waals surface area contributed by atoms with Crippen LogP contribution in [0.1, 0.15) is 18.4 Å². The number of carbonyl (C=O) groups excluding carboxylic acids is 2. The van der Waals surface area contributed by atoms with Crippen LogP contribution in [0, 0.1) is 0 Å². The monoisotopic (exact) mass is 409 g/mol. The van der Waals surface area contributed by atoms with Gasteiger partial charge in [0.05, 0.1) is 16.8 Å². The fourth-order valence-corrected chi connectivity index (χ4v) is 3.84. The Morgan fingerprint density at radius 2 is 2.04 bits per heavy atom. The molecule has 0 atom stereocenters. The van der Waals surface area contributed by atoms with Gasteiger partial charge in [-0.15, -0.1) is 0 Å². The second-order valence-corrected chi connectivity index (χ2v) is 7.69. The van der Waals surface area contributed by atoms with Crippen molar-refractivity contribution in [3.63, 3.8) is 0 Å². The molecule has 0 aliphatic carbocycles. The molecule has 28 heavy (non-hydrogen) atoms. The van der Waals surface area contributed by atoms with E-state index in [9.17, 15) is 9.59 Å². The number of rotatable bonds is 7. The third-order valence-corrected chi connectivity index (χ3v) is 5.34. The maximum Gasteiger partial charge on any atom is 0.266 e. The van der Waals surface area contributed by atoms with Crippen LogP contribution in [0.3, 0.4) is 0 Å². The molecule has 0 unspecified atom stereocenters. The molecule has 1 N–H and O–H groups in total. The van der Waals surface area contributed by atoms with Crippen LogP contribution >= 0.6 is 24.0 Å². The highest BCUT2D eigenvalue weighted by Gasteiger charge is 2.31. The molecule has 2 aromatic rings. The van der Waals surface area contributed by atoms with E-state index in [2.05, 4.69) is 10.3 Å². The Hall–Kier alpha value is -2.77. The third-order valence-electron chi connectivity index (χ3n) is 3.94. The number of nitrogens with one attached hydrogen (secondary N) is 1. The summed E-state index contributed by atoms with van der Waals surface area (Å²) in [6.07, 6.45) is 9.64. The number of thioether (sulfide) groups is 1. The van der Waals surface area contributed by atoms with Crippen LogP contribution in [0.25, 0.3) is 6.08 Å². The quantitative estimate of drug-likeness (QED) is 0.547. The molecule has 1 aromatic carbocycles. The first-order valence-corrected chi connectivity index (χ1v) is 10.0. The van der Waals surface area contributed by atoms with Gasteiger partial charge >= 0.3 is 0 Å². The molecule has 0 spiro atoms. The van der Waals surface area contributed by atoms with E-state index in [-0.39, 0.29) is 11.8 Å². The maximum absolute atomic E-state index is 12.5. The van der Waals surface area contributed by atoms with Gasteiger partial charge in [-0.1, -0.05) is 66.5 Å². The van der Waals surface area contributed by atoms with Crippen molar-refractivity contribution in [3.05, 3.63) is 77.5 Å². The van der Waals surface area contributed by atoms with E-state index in [1.54, 1.807) is 35.5 Å². The largest absolute Gasteiger partial charge is 0.325 e. The van der Waals surface area contributed by atoms with E-state index in [4.69, 9.17) is 12.2 Å². The lowest BCUT2D eigenvalue weighted by atomic mass is 10.2. The van der Waals surface area contributed by atoms with Gasteiger partial charge in [0, 0.05) is 19.2 Å². The van der Waals surface area contributed by atoms with E-state index in [1.165, 1.54) is 11.8 Å². The fraction of sp³-hybridized carbons (Fsp3) is 0.143. The Morgan fingerprint density at radius 1 is 1.21 bits per heavy atom. The Morgan fingerprint density at radius 3 is 2.79 bits per heavy atom. The van der Waals surface area contributed by atoms with Crippen molar-refractivity contribution in [3.8, 4) is 0 Å². The number of nitrogens with zero attached hydrogens (tertiary/aromatic N) is 2. The summed E-state index contributed by atoms with van der Waals surface area (Å²) in [5.74, 6) is -0.222. The summed E-state index contributed by atoms with van der Waals surface area (Å²) < 4.78 is 0.525. The summed E-state index contributed by atoms with van der Waals surface area (Å²) in [6, 6.07) is 13.4. The molecule has 2 heterocycles. The van der Waals surface area contributed by atoms with Crippen LogP contribution < -0.4 is 5.32 Å². The van der Waals surface area contributed by atoms with Gasteiger partial charge in [0.2, 0.25) is 5.91 Å². The average molecular weight is 410 g/mol. The third kappa shape index (κ3) is 5.61. The smallest absolute Gasteiger partial charge is 0.266 e. The molecule has 0 radical (unpaired) electrons. The summed E-state index contributed by atoms with van der Waals surface area (Å²) >= 11 is 6.60. The second kappa shape index (κ2) is 9.96. The molecular weight excluding hydrogens is 390 g/mol. The molecule has 1 aromatic heterocycles.